The fourth-order valence-electron chi connectivity index (χ4n) is 9.07. The van der Waals surface area contributed by atoms with Crippen LogP contribution in [-0.2, 0) is 5.41 Å². The van der Waals surface area contributed by atoms with E-state index in [9.17, 15) is 5.11 Å². The number of rotatable bonds is 2. The third-order valence-corrected chi connectivity index (χ3v) is 11.5. The second-order valence-electron chi connectivity index (χ2n) is 14.0. The molecule has 0 fully saturated rings. The van der Waals surface area contributed by atoms with Gasteiger partial charge < -0.3 is 5.11 Å². The van der Waals surface area contributed by atoms with Crippen molar-refractivity contribution < 1.29 is 5.11 Å². The molecule has 10 aromatic carbocycles. The van der Waals surface area contributed by atoms with Crippen molar-refractivity contribution in [3.63, 3.8) is 0 Å². The molecule has 0 heterocycles. The Labute approximate surface area is 283 Å². The molecule has 0 amide bonds. The second-order valence-corrected chi connectivity index (χ2v) is 14.0. The van der Waals surface area contributed by atoms with Crippen molar-refractivity contribution >= 4 is 64.6 Å². The van der Waals surface area contributed by atoms with Crippen molar-refractivity contribution in [1.29, 1.82) is 0 Å². The smallest absolute Gasteiger partial charge is 0.123 e. The Morgan fingerprint density at radius 2 is 0.918 bits per heavy atom. The summed E-state index contributed by atoms with van der Waals surface area (Å²) in [5.41, 5.74) is 8.67. The first-order valence-corrected chi connectivity index (χ1v) is 17.1. The molecule has 11 rings (SSSR count). The average molecular weight is 623 g/mol. The molecule has 0 radical (unpaired) electrons. The fourth-order valence-corrected chi connectivity index (χ4v) is 9.07. The van der Waals surface area contributed by atoms with Gasteiger partial charge in [0.05, 0.1) is 0 Å². The Bertz CT molecular complexity index is 2930. The predicted molar refractivity (Wildman–Crippen MR) is 207 cm³/mol. The largest absolute Gasteiger partial charge is 0.507 e. The number of hydrogen-bond donors (Lipinski definition) is 1. The first kappa shape index (κ1) is 26.8. The SMILES string of the molecule is CC1(c2ccc3cccc(-c4cc5cccc6ccc7c(O)ccc4c7c65)c3c2)c2cc3ccccc3cc2-c2cc3ccccc3cc21. The van der Waals surface area contributed by atoms with E-state index in [1.807, 2.05) is 6.07 Å². The highest BCUT2D eigenvalue weighted by atomic mass is 16.3. The molecule has 49 heavy (non-hydrogen) atoms. The lowest BCUT2D eigenvalue weighted by Gasteiger charge is -2.29. The molecule has 0 saturated carbocycles. The van der Waals surface area contributed by atoms with Crippen LogP contribution >= 0.6 is 0 Å². The number of benzene rings is 10. The van der Waals surface area contributed by atoms with Crippen LogP contribution in [0, 0.1) is 0 Å². The van der Waals surface area contributed by atoms with E-state index in [4.69, 9.17) is 0 Å². The van der Waals surface area contributed by atoms with E-state index in [2.05, 4.69) is 159 Å². The average Bonchev–Trinajstić information content (AvgIpc) is 3.38. The molecule has 0 aliphatic heterocycles. The quantitative estimate of drug-likeness (QED) is 0.190. The number of aromatic hydroxyl groups is 1. The molecular formula is C48H30O. The van der Waals surface area contributed by atoms with Gasteiger partial charge in [0.1, 0.15) is 5.75 Å². The highest BCUT2D eigenvalue weighted by Gasteiger charge is 2.41. The molecule has 1 N–H and O–H groups in total. The van der Waals surface area contributed by atoms with Gasteiger partial charge in [-0.2, -0.15) is 0 Å². The van der Waals surface area contributed by atoms with Crippen LogP contribution in [0.5, 0.6) is 5.75 Å². The molecule has 1 aliphatic rings. The van der Waals surface area contributed by atoms with Gasteiger partial charge in [-0.05, 0) is 142 Å². The van der Waals surface area contributed by atoms with Gasteiger partial charge in [-0.3, -0.25) is 0 Å². The zero-order valence-corrected chi connectivity index (χ0v) is 27.0. The molecule has 0 aromatic heterocycles. The summed E-state index contributed by atoms with van der Waals surface area (Å²) in [4.78, 5) is 0. The monoisotopic (exact) mass is 622 g/mol. The maximum Gasteiger partial charge on any atom is 0.123 e. The third-order valence-electron chi connectivity index (χ3n) is 11.5. The van der Waals surface area contributed by atoms with Crippen LogP contribution in [0.3, 0.4) is 0 Å². The highest BCUT2D eigenvalue weighted by molar-refractivity contribution is 6.28. The van der Waals surface area contributed by atoms with Gasteiger partial charge in [0.15, 0.2) is 0 Å². The molecule has 10 aromatic rings. The summed E-state index contributed by atoms with van der Waals surface area (Å²) in [6.45, 7) is 2.42. The van der Waals surface area contributed by atoms with Gasteiger partial charge in [-0.25, -0.2) is 0 Å². The Hall–Kier alpha value is -6.18. The van der Waals surface area contributed by atoms with E-state index in [0.717, 1.165) is 16.2 Å². The van der Waals surface area contributed by atoms with Crippen molar-refractivity contribution in [1.82, 2.24) is 0 Å². The number of fused-ring (bicyclic) bond motifs is 6. The second kappa shape index (κ2) is 9.46. The lowest BCUT2D eigenvalue weighted by molar-refractivity contribution is 0.482. The molecule has 0 atom stereocenters. The number of phenols is 1. The molecule has 1 aliphatic carbocycles. The summed E-state index contributed by atoms with van der Waals surface area (Å²) >= 11 is 0. The van der Waals surface area contributed by atoms with E-state index < -0.39 is 0 Å². The van der Waals surface area contributed by atoms with Crippen LogP contribution in [-0.4, -0.2) is 5.11 Å². The number of hydrogen-bond acceptors (Lipinski definition) is 1. The van der Waals surface area contributed by atoms with Crippen LogP contribution in [0.1, 0.15) is 23.6 Å². The van der Waals surface area contributed by atoms with Crippen molar-refractivity contribution in [2.24, 2.45) is 0 Å². The fraction of sp³-hybridized carbons (Fsp3) is 0.0417. The molecule has 1 nitrogen and oxygen atoms in total. The van der Waals surface area contributed by atoms with Crippen molar-refractivity contribution in [2.45, 2.75) is 12.3 Å². The summed E-state index contributed by atoms with van der Waals surface area (Å²) < 4.78 is 0. The highest BCUT2D eigenvalue weighted by Crippen LogP contribution is 2.55. The van der Waals surface area contributed by atoms with Gasteiger partial charge in [0, 0.05) is 16.2 Å². The van der Waals surface area contributed by atoms with Crippen LogP contribution in [0.4, 0.5) is 0 Å². The minimum Gasteiger partial charge on any atom is -0.507 e. The maximum absolute atomic E-state index is 11.0. The third kappa shape index (κ3) is 3.54. The summed E-state index contributed by atoms with van der Waals surface area (Å²) in [5, 5.41) is 25.3. The standard InChI is InChI=1S/C48H30O/c1-48(43-25-32-10-4-2-8-30(32)22-41(43)42-23-31-9-3-5-11-33(31)26-44(42)48)35-18-16-28-12-7-15-36(39(28)27-35)40-24-34-14-6-13-29-17-19-38-45(49)21-20-37(40)47(38)46(29)34/h2-27,49H,1H3. The van der Waals surface area contributed by atoms with Crippen LogP contribution in [0.15, 0.2) is 158 Å². The van der Waals surface area contributed by atoms with Gasteiger partial charge in [0.25, 0.3) is 0 Å². The molecular weight excluding hydrogens is 593 g/mol. The van der Waals surface area contributed by atoms with Crippen LogP contribution in [0.2, 0.25) is 0 Å². The van der Waals surface area contributed by atoms with E-state index in [-0.39, 0.29) is 5.41 Å². The minimum absolute atomic E-state index is 0.323. The minimum atomic E-state index is -0.356. The van der Waals surface area contributed by atoms with Gasteiger partial charge in [-0.15, -0.1) is 0 Å². The summed E-state index contributed by atoms with van der Waals surface area (Å²) in [6, 6.07) is 57.9. The molecule has 0 unspecified atom stereocenters. The Morgan fingerprint density at radius 1 is 0.367 bits per heavy atom. The Morgan fingerprint density at radius 3 is 1.63 bits per heavy atom. The van der Waals surface area contributed by atoms with Gasteiger partial charge >= 0.3 is 0 Å². The number of phenolic OH excluding ortho intramolecular Hbond substituents is 1. The molecule has 0 spiro atoms. The van der Waals surface area contributed by atoms with Gasteiger partial charge in [0.2, 0.25) is 0 Å². The Kier molecular flexibility index (Phi) is 5.18. The van der Waals surface area contributed by atoms with Crippen LogP contribution in [0.25, 0.3) is 86.9 Å². The van der Waals surface area contributed by atoms with Gasteiger partial charge in [-0.1, -0.05) is 115 Å². The topological polar surface area (TPSA) is 20.2 Å². The first-order valence-electron chi connectivity index (χ1n) is 17.1. The summed E-state index contributed by atoms with van der Waals surface area (Å²) in [5.74, 6) is 0.323. The van der Waals surface area contributed by atoms with E-state index in [1.165, 1.54) is 87.4 Å². The lowest BCUT2D eigenvalue weighted by atomic mass is 9.73. The van der Waals surface area contributed by atoms with E-state index in [1.54, 1.807) is 0 Å². The Balaban J connectivity index is 1.22. The van der Waals surface area contributed by atoms with E-state index >= 15 is 0 Å². The zero-order chi connectivity index (χ0) is 32.4. The lowest BCUT2D eigenvalue weighted by Crippen LogP contribution is -2.22. The van der Waals surface area contributed by atoms with Crippen molar-refractivity contribution in [3.05, 3.63) is 174 Å². The summed E-state index contributed by atoms with van der Waals surface area (Å²) in [7, 11) is 0. The zero-order valence-electron chi connectivity index (χ0n) is 27.0. The van der Waals surface area contributed by atoms with Crippen molar-refractivity contribution in [2.75, 3.05) is 0 Å². The molecule has 1 heteroatoms. The predicted octanol–water partition coefficient (Wildman–Crippen LogP) is 12.8. The molecule has 0 saturated heterocycles. The normalized spacial score (nSPS) is 13.7. The van der Waals surface area contributed by atoms with Crippen molar-refractivity contribution in [3.8, 4) is 28.0 Å². The summed E-state index contributed by atoms with van der Waals surface area (Å²) in [6.07, 6.45) is 0. The molecule has 228 valence electrons. The van der Waals surface area contributed by atoms with Crippen LogP contribution < -0.4 is 0 Å². The molecule has 0 bridgehead atoms. The van der Waals surface area contributed by atoms with E-state index in [0.29, 0.717) is 5.75 Å². The maximum atomic E-state index is 11.0. The first-order chi connectivity index (χ1) is 24.1.